The van der Waals surface area contributed by atoms with E-state index in [9.17, 15) is 9.59 Å². The summed E-state index contributed by atoms with van der Waals surface area (Å²) in [5.74, 6) is -0.556. The van der Waals surface area contributed by atoms with Crippen LogP contribution in [0.1, 0.15) is 37.0 Å². The number of hydrogen-bond donors (Lipinski definition) is 0. The minimum Gasteiger partial charge on any atom is -0.462 e. The maximum atomic E-state index is 13.2. The Balaban J connectivity index is 1.56. The number of rotatable bonds is 11. The van der Waals surface area contributed by atoms with Crippen LogP contribution in [0.5, 0.6) is 0 Å². The molecule has 0 unspecified atom stereocenters. The van der Waals surface area contributed by atoms with Crippen LogP contribution in [0.3, 0.4) is 0 Å². The van der Waals surface area contributed by atoms with Crippen molar-refractivity contribution in [3.8, 4) is 0 Å². The third-order valence-electron chi connectivity index (χ3n) is 6.06. The average Bonchev–Trinajstić information content (AvgIpc) is 3.27. The number of aliphatic imine (C=N–C) groups is 1. The maximum Gasteiger partial charge on any atom is 0.340 e. The summed E-state index contributed by atoms with van der Waals surface area (Å²) >= 11 is 0. The number of ether oxygens (including phenoxy) is 2. The van der Waals surface area contributed by atoms with Crippen molar-refractivity contribution in [3.05, 3.63) is 114 Å². The molecular formula is C32H33N3O4. The van der Waals surface area contributed by atoms with E-state index in [1.54, 1.807) is 30.3 Å². The van der Waals surface area contributed by atoms with Crippen molar-refractivity contribution in [3.63, 3.8) is 0 Å². The van der Waals surface area contributed by atoms with E-state index in [0.717, 1.165) is 17.8 Å². The van der Waals surface area contributed by atoms with Crippen LogP contribution in [0.25, 0.3) is 0 Å². The van der Waals surface area contributed by atoms with Gasteiger partial charge in [-0.1, -0.05) is 67.6 Å². The number of anilines is 2. The fourth-order valence-electron chi connectivity index (χ4n) is 4.09. The van der Waals surface area contributed by atoms with Gasteiger partial charge in [-0.2, -0.15) is 4.99 Å². The molecule has 39 heavy (non-hydrogen) atoms. The number of allylic oxidation sites excluding steroid dienone is 1. The molecule has 0 saturated carbocycles. The number of amides is 1. The highest BCUT2D eigenvalue weighted by Crippen LogP contribution is 2.27. The predicted molar refractivity (Wildman–Crippen MR) is 154 cm³/mol. The van der Waals surface area contributed by atoms with E-state index in [0.29, 0.717) is 30.8 Å². The monoisotopic (exact) mass is 523 g/mol. The molecule has 200 valence electrons. The third kappa shape index (κ3) is 7.02. The van der Waals surface area contributed by atoms with Crippen molar-refractivity contribution in [2.75, 3.05) is 24.6 Å². The lowest BCUT2D eigenvalue weighted by Gasteiger charge is -2.23. The van der Waals surface area contributed by atoms with Gasteiger partial charge in [0.05, 0.1) is 17.9 Å². The molecule has 1 fully saturated rings. The number of nitrogens with zero attached hydrogens (tertiary/aromatic N) is 3. The van der Waals surface area contributed by atoms with Crippen LogP contribution in [0, 0.1) is 0 Å². The molecule has 3 aromatic rings. The van der Waals surface area contributed by atoms with Crippen LogP contribution in [0.2, 0.25) is 0 Å². The van der Waals surface area contributed by atoms with Crippen LogP contribution >= 0.6 is 0 Å². The van der Waals surface area contributed by atoms with Crippen molar-refractivity contribution in [1.29, 1.82) is 0 Å². The van der Waals surface area contributed by atoms with E-state index in [2.05, 4.69) is 16.8 Å². The standard InChI is InChI=1S/C32H33N3O4/c1-3-5-6-15-24-38-31(37)27-20-13-14-21-28(27)33-32-34(4-2)30(36)29(39-32)22-23-35(25-16-9-7-10-17-25)26-18-11-8-12-19-26/h5-14,16-22H,3-4,15,23-24H2,1-2H3/b6-5-,29-22+,33-32+. The number of amidine groups is 1. The van der Waals surface area contributed by atoms with Crippen molar-refractivity contribution in [2.24, 2.45) is 4.99 Å². The Hall–Kier alpha value is -4.65. The molecule has 1 amide bonds. The Morgan fingerprint density at radius 3 is 2.21 bits per heavy atom. The molecular weight excluding hydrogens is 490 g/mol. The van der Waals surface area contributed by atoms with Gasteiger partial charge < -0.3 is 14.4 Å². The van der Waals surface area contributed by atoms with Crippen molar-refractivity contribution in [1.82, 2.24) is 4.90 Å². The number of benzene rings is 3. The molecule has 0 radical (unpaired) electrons. The first-order valence-corrected chi connectivity index (χ1v) is 13.2. The molecule has 0 spiro atoms. The zero-order valence-electron chi connectivity index (χ0n) is 22.3. The SMILES string of the molecule is CC/C=C\CCOC(=O)c1ccccc1/N=C1/O/C(=C/CN(c2ccccc2)c2ccccc2)C(=O)N1CC. The summed E-state index contributed by atoms with van der Waals surface area (Å²) in [4.78, 5) is 34.1. The lowest BCUT2D eigenvalue weighted by atomic mass is 10.2. The number of carbonyl (C=O) groups excluding carboxylic acids is 2. The van der Waals surface area contributed by atoms with E-state index in [4.69, 9.17) is 9.47 Å². The summed E-state index contributed by atoms with van der Waals surface area (Å²) in [6.07, 6.45) is 7.37. The molecule has 0 aromatic heterocycles. The third-order valence-corrected chi connectivity index (χ3v) is 6.06. The first kappa shape index (κ1) is 27.4. The fourth-order valence-corrected chi connectivity index (χ4v) is 4.09. The molecule has 0 aliphatic carbocycles. The number of likely N-dealkylation sites (N-methyl/N-ethyl adjacent to an activating group) is 1. The number of para-hydroxylation sites is 3. The normalized spacial score (nSPS) is 15.2. The smallest absolute Gasteiger partial charge is 0.340 e. The van der Waals surface area contributed by atoms with Crippen LogP contribution in [0.4, 0.5) is 17.1 Å². The molecule has 7 nitrogen and oxygen atoms in total. The maximum absolute atomic E-state index is 13.2. The van der Waals surface area contributed by atoms with Gasteiger partial charge in [-0.25, -0.2) is 4.79 Å². The fraction of sp³-hybridized carbons (Fsp3) is 0.219. The largest absolute Gasteiger partial charge is 0.462 e. The summed E-state index contributed by atoms with van der Waals surface area (Å²) in [7, 11) is 0. The van der Waals surface area contributed by atoms with Gasteiger partial charge in [0, 0.05) is 24.5 Å². The highest BCUT2D eigenvalue weighted by Gasteiger charge is 2.34. The van der Waals surface area contributed by atoms with Crippen LogP contribution in [0.15, 0.2) is 114 Å². The molecule has 0 N–H and O–H groups in total. The zero-order valence-corrected chi connectivity index (χ0v) is 22.3. The Labute approximate surface area is 229 Å². The van der Waals surface area contributed by atoms with Crippen molar-refractivity contribution in [2.45, 2.75) is 26.7 Å². The van der Waals surface area contributed by atoms with Gasteiger partial charge in [-0.3, -0.25) is 9.69 Å². The van der Waals surface area contributed by atoms with E-state index in [-0.39, 0.29) is 24.3 Å². The van der Waals surface area contributed by atoms with Crippen LogP contribution in [-0.4, -0.2) is 42.5 Å². The first-order valence-electron chi connectivity index (χ1n) is 13.2. The van der Waals surface area contributed by atoms with Crippen LogP contribution < -0.4 is 4.90 Å². The minimum atomic E-state index is -0.468. The molecule has 1 saturated heterocycles. The molecule has 1 heterocycles. The molecule has 3 aromatic carbocycles. The van der Waals surface area contributed by atoms with Gasteiger partial charge >= 0.3 is 12.0 Å². The Morgan fingerprint density at radius 1 is 0.923 bits per heavy atom. The molecule has 4 rings (SSSR count). The van der Waals surface area contributed by atoms with E-state index in [1.165, 1.54) is 4.90 Å². The van der Waals surface area contributed by atoms with Gasteiger partial charge in [0.2, 0.25) is 0 Å². The summed E-state index contributed by atoms with van der Waals surface area (Å²) < 4.78 is 11.4. The Kier molecular flexibility index (Phi) is 9.67. The number of hydrogen-bond acceptors (Lipinski definition) is 6. The van der Waals surface area contributed by atoms with Crippen molar-refractivity contribution >= 4 is 35.0 Å². The second kappa shape index (κ2) is 13.8. The van der Waals surface area contributed by atoms with Gasteiger partial charge in [0.15, 0.2) is 5.76 Å². The summed E-state index contributed by atoms with van der Waals surface area (Å²) in [6, 6.07) is 26.9. The highest BCUT2D eigenvalue weighted by atomic mass is 16.5. The lowest BCUT2D eigenvalue weighted by Crippen LogP contribution is -2.29. The molecule has 1 aliphatic heterocycles. The zero-order chi connectivity index (χ0) is 27.5. The van der Waals surface area contributed by atoms with E-state index in [1.807, 2.05) is 79.7 Å². The summed E-state index contributed by atoms with van der Waals surface area (Å²) in [5, 5.41) is 0. The molecule has 0 atom stereocenters. The molecule has 1 aliphatic rings. The topological polar surface area (TPSA) is 71.4 Å². The summed E-state index contributed by atoms with van der Waals surface area (Å²) in [5.41, 5.74) is 2.67. The Bertz CT molecular complexity index is 1310. The van der Waals surface area contributed by atoms with Crippen molar-refractivity contribution < 1.29 is 19.1 Å². The second-order valence-electron chi connectivity index (χ2n) is 8.72. The quantitative estimate of drug-likeness (QED) is 0.120. The number of esters is 1. The minimum absolute atomic E-state index is 0.130. The number of carbonyl (C=O) groups is 2. The van der Waals surface area contributed by atoms with E-state index >= 15 is 0 Å². The second-order valence-corrected chi connectivity index (χ2v) is 8.72. The highest BCUT2D eigenvalue weighted by molar-refractivity contribution is 6.10. The molecule has 7 heteroatoms. The van der Waals surface area contributed by atoms with Gasteiger partial charge in [0.25, 0.3) is 5.91 Å². The Morgan fingerprint density at radius 2 is 1.56 bits per heavy atom. The average molecular weight is 524 g/mol. The first-order chi connectivity index (χ1) is 19.1. The van der Waals surface area contributed by atoms with Crippen LogP contribution in [-0.2, 0) is 14.3 Å². The van der Waals surface area contributed by atoms with Gasteiger partial charge in [0.1, 0.15) is 0 Å². The summed E-state index contributed by atoms with van der Waals surface area (Å²) in [6.45, 7) is 4.96. The predicted octanol–water partition coefficient (Wildman–Crippen LogP) is 6.79. The van der Waals surface area contributed by atoms with Gasteiger partial charge in [-0.15, -0.1) is 0 Å². The van der Waals surface area contributed by atoms with Gasteiger partial charge in [-0.05, 0) is 62.2 Å². The van der Waals surface area contributed by atoms with E-state index < -0.39 is 5.97 Å². The molecule has 0 bridgehead atoms. The lowest BCUT2D eigenvalue weighted by molar-refractivity contribution is -0.122.